The molecule has 0 amide bonds. The first kappa shape index (κ1) is 18.5. The topological polar surface area (TPSA) is 42.4 Å². The summed E-state index contributed by atoms with van der Waals surface area (Å²) < 4.78 is 6.30. The van der Waals surface area contributed by atoms with Crippen molar-refractivity contribution in [2.75, 3.05) is 0 Å². The molecule has 1 aliphatic rings. The first-order valence-corrected chi connectivity index (χ1v) is 10.0. The predicted molar refractivity (Wildman–Crippen MR) is 113 cm³/mol. The summed E-state index contributed by atoms with van der Waals surface area (Å²) in [6.07, 6.45) is 6.84. The number of rotatable bonds is 5. The Labute approximate surface area is 167 Å². The van der Waals surface area contributed by atoms with E-state index in [2.05, 4.69) is 62.2 Å². The monoisotopic (exact) mass is 373 g/mol. The summed E-state index contributed by atoms with van der Waals surface area (Å²) in [5.74, 6) is 1.37. The van der Waals surface area contributed by atoms with Gasteiger partial charge in [0.05, 0.1) is 5.56 Å². The quantitative estimate of drug-likeness (QED) is 0.578. The average molecular weight is 373 g/mol. The number of benzene rings is 2. The molecule has 0 bridgehead atoms. The van der Waals surface area contributed by atoms with Crippen molar-refractivity contribution in [2.24, 2.45) is 0 Å². The van der Waals surface area contributed by atoms with E-state index in [-0.39, 0.29) is 5.75 Å². The number of pyridine rings is 1. The van der Waals surface area contributed by atoms with Crippen LogP contribution in [0.3, 0.4) is 0 Å². The molecule has 0 radical (unpaired) electrons. The largest absolute Gasteiger partial charge is 0.507 e. The summed E-state index contributed by atoms with van der Waals surface area (Å²) in [5.41, 5.74) is 4.79. The number of aromatic nitrogens is 1. The number of aromatic hydroxyl groups is 1. The molecule has 0 spiro atoms. The van der Waals surface area contributed by atoms with Crippen LogP contribution in [-0.2, 0) is 12.0 Å². The van der Waals surface area contributed by atoms with Crippen molar-refractivity contribution < 1.29 is 9.84 Å². The molecule has 0 fully saturated rings. The molecule has 2 aromatic carbocycles. The third-order valence-corrected chi connectivity index (χ3v) is 5.72. The minimum absolute atomic E-state index is 0.271. The molecule has 1 aliphatic heterocycles. The zero-order valence-corrected chi connectivity index (χ0v) is 16.8. The summed E-state index contributed by atoms with van der Waals surface area (Å²) in [7, 11) is 0. The molecule has 0 saturated carbocycles. The highest BCUT2D eigenvalue weighted by molar-refractivity contribution is 5.81. The highest BCUT2D eigenvalue weighted by Gasteiger charge is 2.34. The maximum Gasteiger partial charge on any atom is 0.132 e. The van der Waals surface area contributed by atoms with E-state index in [1.807, 2.05) is 18.3 Å². The second-order valence-electron chi connectivity index (χ2n) is 8.23. The fourth-order valence-electron chi connectivity index (χ4n) is 4.13. The van der Waals surface area contributed by atoms with E-state index in [0.717, 1.165) is 47.3 Å². The highest BCUT2D eigenvalue weighted by atomic mass is 16.5. The molecule has 0 aliphatic carbocycles. The van der Waals surface area contributed by atoms with Crippen LogP contribution in [-0.4, -0.2) is 10.1 Å². The molecule has 144 valence electrons. The molecule has 1 atom stereocenters. The van der Waals surface area contributed by atoms with Crippen molar-refractivity contribution >= 4 is 0 Å². The molecule has 1 N–H and O–H groups in total. The maximum absolute atomic E-state index is 10.8. The molecule has 3 heteroatoms. The van der Waals surface area contributed by atoms with Crippen LogP contribution in [0.4, 0.5) is 0 Å². The molecular weight excluding hydrogens is 346 g/mol. The lowest BCUT2D eigenvalue weighted by molar-refractivity contribution is 0.105. The molecular formula is C25H27NO2. The Morgan fingerprint density at radius 1 is 1.11 bits per heavy atom. The molecule has 1 unspecified atom stereocenters. The van der Waals surface area contributed by atoms with Gasteiger partial charge in [-0.25, -0.2) is 0 Å². The van der Waals surface area contributed by atoms with Crippen molar-refractivity contribution in [1.29, 1.82) is 0 Å². The van der Waals surface area contributed by atoms with E-state index in [0.29, 0.717) is 5.92 Å². The van der Waals surface area contributed by atoms with Gasteiger partial charge in [0.15, 0.2) is 0 Å². The predicted octanol–water partition coefficient (Wildman–Crippen LogP) is 6.21. The van der Waals surface area contributed by atoms with Crippen molar-refractivity contribution in [3.63, 3.8) is 0 Å². The zero-order valence-electron chi connectivity index (χ0n) is 16.8. The second kappa shape index (κ2) is 7.31. The van der Waals surface area contributed by atoms with E-state index in [1.54, 1.807) is 6.20 Å². The number of aryl methyl sites for hydroxylation is 1. The Morgan fingerprint density at radius 2 is 1.89 bits per heavy atom. The minimum atomic E-state index is -0.452. The molecule has 3 nitrogen and oxygen atoms in total. The number of phenols is 1. The van der Waals surface area contributed by atoms with Crippen LogP contribution >= 0.6 is 0 Å². The third kappa shape index (κ3) is 3.49. The van der Waals surface area contributed by atoms with Crippen LogP contribution in [0.25, 0.3) is 11.1 Å². The van der Waals surface area contributed by atoms with Gasteiger partial charge in [-0.2, -0.15) is 0 Å². The second-order valence-corrected chi connectivity index (χ2v) is 8.23. The van der Waals surface area contributed by atoms with E-state index in [1.165, 1.54) is 5.56 Å². The van der Waals surface area contributed by atoms with Gasteiger partial charge in [0.2, 0.25) is 0 Å². The summed E-state index contributed by atoms with van der Waals surface area (Å²) in [6, 6.07) is 16.5. The number of fused-ring (bicyclic) bond motifs is 3. The van der Waals surface area contributed by atoms with Gasteiger partial charge in [-0.15, -0.1) is 0 Å². The lowest BCUT2D eigenvalue weighted by Gasteiger charge is -2.35. The zero-order chi connectivity index (χ0) is 19.7. The van der Waals surface area contributed by atoms with Crippen molar-refractivity contribution in [3.05, 3.63) is 77.6 Å². The summed E-state index contributed by atoms with van der Waals surface area (Å²) in [6.45, 7) is 6.33. The number of ether oxygens (including phenoxy) is 1. The van der Waals surface area contributed by atoms with Crippen molar-refractivity contribution in [1.82, 2.24) is 4.98 Å². The minimum Gasteiger partial charge on any atom is -0.507 e. The molecule has 3 aromatic rings. The van der Waals surface area contributed by atoms with Gasteiger partial charge in [-0.1, -0.05) is 37.3 Å². The number of hydrogen-bond donors (Lipinski definition) is 1. The van der Waals surface area contributed by atoms with Crippen LogP contribution in [0.5, 0.6) is 11.5 Å². The standard InChI is InChI=1S/C25H27NO2/c1-17(8-7-11-18-9-5-4-6-10-18)19-14-22(27)24-20-16-26-13-12-21(20)25(2,3)28-23(24)15-19/h4-6,9-10,12-17,27H,7-8,11H2,1-3H3. The van der Waals surface area contributed by atoms with E-state index in [4.69, 9.17) is 4.74 Å². The fraction of sp³-hybridized carbons (Fsp3) is 0.320. The van der Waals surface area contributed by atoms with Gasteiger partial charge >= 0.3 is 0 Å². The van der Waals surface area contributed by atoms with Gasteiger partial charge in [0.1, 0.15) is 17.1 Å². The van der Waals surface area contributed by atoms with Crippen LogP contribution < -0.4 is 4.74 Å². The van der Waals surface area contributed by atoms with Crippen LogP contribution in [0.1, 0.15) is 56.2 Å². The third-order valence-electron chi connectivity index (χ3n) is 5.72. The smallest absolute Gasteiger partial charge is 0.132 e. The average Bonchev–Trinajstić information content (AvgIpc) is 2.68. The van der Waals surface area contributed by atoms with Crippen molar-refractivity contribution in [2.45, 2.75) is 51.6 Å². The normalized spacial score (nSPS) is 15.2. The van der Waals surface area contributed by atoms with E-state index < -0.39 is 5.60 Å². The first-order chi connectivity index (χ1) is 13.5. The number of phenolic OH excluding ortho intramolecular Hbond substituents is 1. The van der Waals surface area contributed by atoms with Gasteiger partial charge in [0.25, 0.3) is 0 Å². The fourth-order valence-corrected chi connectivity index (χ4v) is 4.13. The Kier molecular flexibility index (Phi) is 4.84. The molecule has 0 saturated heterocycles. The maximum atomic E-state index is 10.8. The Bertz CT molecular complexity index is 979. The van der Waals surface area contributed by atoms with Gasteiger partial charge in [-0.05, 0) is 68.4 Å². The molecule has 4 rings (SSSR count). The first-order valence-electron chi connectivity index (χ1n) is 10.0. The summed E-state index contributed by atoms with van der Waals surface area (Å²) in [5, 5.41) is 10.8. The molecule has 1 aromatic heterocycles. The molecule has 2 heterocycles. The van der Waals surface area contributed by atoms with Gasteiger partial charge < -0.3 is 9.84 Å². The summed E-state index contributed by atoms with van der Waals surface area (Å²) >= 11 is 0. The SMILES string of the molecule is CC(CCCc1ccccc1)c1cc(O)c2c(c1)OC(C)(C)c1ccncc1-2. The molecule has 28 heavy (non-hydrogen) atoms. The van der Waals surface area contributed by atoms with Crippen LogP contribution in [0.15, 0.2) is 60.9 Å². The van der Waals surface area contributed by atoms with E-state index >= 15 is 0 Å². The van der Waals surface area contributed by atoms with Gasteiger partial charge in [0, 0.05) is 23.5 Å². The highest BCUT2D eigenvalue weighted by Crippen LogP contribution is 2.49. The Hall–Kier alpha value is -2.81. The van der Waals surface area contributed by atoms with Crippen molar-refractivity contribution in [3.8, 4) is 22.6 Å². The number of hydrogen-bond acceptors (Lipinski definition) is 3. The van der Waals surface area contributed by atoms with Gasteiger partial charge in [-0.3, -0.25) is 4.98 Å². The number of nitrogens with zero attached hydrogens (tertiary/aromatic N) is 1. The van der Waals surface area contributed by atoms with Crippen LogP contribution in [0.2, 0.25) is 0 Å². The van der Waals surface area contributed by atoms with Crippen LogP contribution in [0, 0.1) is 0 Å². The lowest BCUT2D eigenvalue weighted by atomic mass is 9.85. The Morgan fingerprint density at radius 3 is 2.68 bits per heavy atom. The lowest BCUT2D eigenvalue weighted by Crippen LogP contribution is -2.29. The Balaban J connectivity index is 1.57. The van der Waals surface area contributed by atoms with E-state index in [9.17, 15) is 5.11 Å². The summed E-state index contributed by atoms with van der Waals surface area (Å²) in [4.78, 5) is 4.26.